The number of aliphatic hydroxyl groups excluding tert-OH is 1. The number of halogens is 2. The van der Waals surface area contributed by atoms with Gasteiger partial charge in [-0.3, -0.25) is 4.98 Å². The first kappa shape index (κ1) is 9.71. The predicted octanol–water partition coefficient (Wildman–Crippen LogP) is 2.72. The summed E-state index contributed by atoms with van der Waals surface area (Å²) in [6.45, 7) is 3.46. The fourth-order valence-electron chi connectivity index (χ4n) is 0.754. The maximum Gasteiger partial charge on any atom is 0.115 e. The van der Waals surface area contributed by atoms with Crippen LogP contribution < -0.4 is 0 Å². The molecule has 0 radical (unpaired) electrons. The first-order chi connectivity index (χ1) is 5.65. The standard InChI is InChI=1S/C8H7BrClNO/c1-2-7(12)8-6(9)3-5(10)4-11-8/h2-4,7,12H,1H2. The van der Waals surface area contributed by atoms with Crippen molar-refractivity contribution in [2.24, 2.45) is 0 Å². The molecule has 1 N–H and O–H groups in total. The predicted molar refractivity (Wildman–Crippen MR) is 52.1 cm³/mol. The zero-order valence-electron chi connectivity index (χ0n) is 6.17. The molecule has 0 amide bonds. The Bertz CT molecular complexity index is 303. The average molecular weight is 249 g/mol. The van der Waals surface area contributed by atoms with Gasteiger partial charge in [-0.2, -0.15) is 0 Å². The summed E-state index contributed by atoms with van der Waals surface area (Å²) in [7, 11) is 0. The molecule has 0 aliphatic heterocycles. The second-order valence-electron chi connectivity index (χ2n) is 2.20. The van der Waals surface area contributed by atoms with Crippen LogP contribution in [0.1, 0.15) is 11.8 Å². The van der Waals surface area contributed by atoms with Gasteiger partial charge in [-0.15, -0.1) is 6.58 Å². The molecule has 1 aromatic heterocycles. The minimum Gasteiger partial charge on any atom is -0.383 e. The van der Waals surface area contributed by atoms with Crippen molar-refractivity contribution in [2.75, 3.05) is 0 Å². The second kappa shape index (κ2) is 4.03. The SMILES string of the molecule is C=CC(O)c1ncc(Cl)cc1Br. The third kappa shape index (κ3) is 2.06. The van der Waals surface area contributed by atoms with Gasteiger partial charge in [0.05, 0.1) is 10.7 Å². The number of hydrogen-bond donors (Lipinski definition) is 1. The van der Waals surface area contributed by atoms with E-state index in [4.69, 9.17) is 11.6 Å². The maximum atomic E-state index is 9.35. The number of hydrogen-bond acceptors (Lipinski definition) is 2. The quantitative estimate of drug-likeness (QED) is 0.817. The first-order valence-corrected chi connectivity index (χ1v) is 4.44. The van der Waals surface area contributed by atoms with E-state index in [2.05, 4.69) is 27.5 Å². The van der Waals surface area contributed by atoms with Gasteiger partial charge < -0.3 is 5.11 Å². The van der Waals surface area contributed by atoms with Crippen molar-refractivity contribution in [3.05, 3.63) is 40.1 Å². The van der Waals surface area contributed by atoms with Crippen LogP contribution in [0.4, 0.5) is 0 Å². The fourth-order valence-corrected chi connectivity index (χ4v) is 1.63. The van der Waals surface area contributed by atoms with Crippen LogP contribution in [-0.4, -0.2) is 10.1 Å². The Hall–Kier alpha value is -0.380. The van der Waals surface area contributed by atoms with E-state index in [-0.39, 0.29) is 0 Å². The van der Waals surface area contributed by atoms with Crippen LogP contribution in [0.2, 0.25) is 5.02 Å². The molecule has 64 valence electrons. The van der Waals surface area contributed by atoms with Crippen molar-refractivity contribution < 1.29 is 5.11 Å². The topological polar surface area (TPSA) is 33.1 Å². The highest BCUT2D eigenvalue weighted by Gasteiger charge is 2.08. The first-order valence-electron chi connectivity index (χ1n) is 3.26. The fraction of sp³-hybridized carbons (Fsp3) is 0.125. The summed E-state index contributed by atoms with van der Waals surface area (Å²) in [5, 5.41) is 9.88. The van der Waals surface area contributed by atoms with Crippen molar-refractivity contribution >= 4 is 27.5 Å². The lowest BCUT2D eigenvalue weighted by molar-refractivity contribution is 0.223. The van der Waals surface area contributed by atoms with Crippen LogP contribution in [0.15, 0.2) is 29.4 Å². The lowest BCUT2D eigenvalue weighted by Crippen LogP contribution is -1.97. The van der Waals surface area contributed by atoms with E-state index in [1.54, 1.807) is 6.07 Å². The van der Waals surface area contributed by atoms with Crippen molar-refractivity contribution in [2.45, 2.75) is 6.10 Å². The molecule has 0 aliphatic carbocycles. The van der Waals surface area contributed by atoms with Crippen LogP contribution in [-0.2, 0) is 0 Å². The van der Waals surface area contributed by atoms with Gasteiger partial charge in [0.2, 0.25) is 0 Å². The minimum atomic E-state index is -0.753. The summed E-state index contributed by atoms with van der Waals surface area (Å²) in [6.07, 6.45) is 2.13. The highest BCUT2D eigenvalue weighted by atomic mass is 79.9. The molecule has 0 spiro atoms. The highest BCUT2D eigenvalue weighted by Crippen LogP contribution is 2.24. The molecule has 0 saturated heterocycles. The molecular formula is C8H7BrClNO. The normalized spacial score (nSPS) is 12.6. The van der Waals surface area contributed by atoms with Gasteiger partial charge in [0.15, 0.2) is 0 Å². The van der Waals surface area contributed by atoms with E-state index >= 15 is 0 Å². The Balaban J connectivity index is 3.09. The Morgan fingerprint density at radius 3 is 2.92 bits per heavy atom. The number of aromatic nitrogens is 1. The zero-order chi connectivity index (χ0) is 9.14. The Morgan fingerprint density at radius 2 is 2.42 bits per heavy atom. The monoisotopic (exact) mass is 247 g/mol. The van der Waals surface area contributed by atoms with Crippen LogP contribution >= 0.6 is 27.5 Å². The van der Waals surface area contributed by atoms with E-state index in [1.807, 2.05) is 0 Å². The molecule has 0 aliphatic rings. The van der Waals surface area contributed by atoms with Crippen molar-refractivity contribution in [1.29, 1.82) is 0 Å². The molecule has 0 fully saturated rings. The molecule has 0 aromatic carbocycles. The van der Waals surface area contributed by atoms with Crippen molar-refractivity contribution in [3.63, 3.8) is 0 Å². The summed E-state index contributed by atoms with van der Waals surface area (Å²) in [4.78, 5) is 3.95. The summed E-state index contributed by atoms with van der Waals surface area (Å²) in [5.74, 6) is 0. The number of pyridine rings is 1. The molecule has 1 heterocycles. The summed E-state index contributed by atoms with van der Waals surface area (Å²) < 4.78 is 0.683. The summed E-state index contributed by atoms with van der Waals surface area (Å²) in [5.41, 5.74) is 0.523. The minimum absolute atomic E-state index is 0.523. The Labute approximate surface area is 84.0 Å². The van der Waals surface area contributed by atoms with Crippen LogP contribution in [0.3, 0.4) is 0 Å². The average Bonchev–Trinajstić information content (AvgIpc) is 2.03. The van der Waals surface area contributed by atoms with Crippen molar-refractivity contribution in [3.8, 4) is 0 Å². The molecule has 4 heteroatoms. The summed E-state index contributed by atoms with van der Waals surface area (Å²) in [6, 6.07) is 1.68. The molecule has 1 unspecified atom stereocenters. The Kier molecular flexibility index (Phi) is 3.26. The van der Waals surface area contributed by atoms with Gasteiger partial charge in [-0.25, -0.2) is 0 Å². The molecule has 0 bridgehead atoms. The zero-order valence-corrected chi connectivity index (χ0v) is 8.51. The largest absolute Gasteiger partial charge is 0.383 e. The molecule has 1 aromatic rings. The van der Waals surface area contributed by atoms with E-state index < -0.39 is 6.10 Å². The van der Waals surface area contributed by atoms with Gasteiger partial charge in [-0.1, -0.05) is 17.7 Å². The van der Waals surface area contributed by atoms with Crippen LogP contribution in [0.5, 0.6) is 0 Å². The Morgan fingerprint density at radius 1 is 1.75 bits per heavy atom. The van der Waals surface area contributed by atoms with Crippen LogP contribution in [0.25, 0.3) is 0 Å². The number of aliphatic hydroxyl groups is 1. The third-order valence-electron chi connectivity index (χ3n) is 1.34. The van der Waals surface area contributed by atoms with Gasteiger partial charge >= 0.3 is 0 Å². The smallest absolute Gasteiger partial charge is 0.115 e. The molecule has 2 nitrogen and oxygen atoms in total. The lowest BCUT2D eigenvalue weighted by Gasteiger charge is -2.06. The molecule has 12 heavy (non-hydrogen) atoms. The van der Waals surface area contributed by atoms with E-state index in [0.29, 0.717) is 15.2 Å². The molecule has 1 atom stereocenters. The maximum absolute atomic E-state index is 9.35. The van der Waals surface area contributed by atoms with E-state index in [1.165, 1.54) is 12.3 Å². The van der Waals surface area contributed by atoms with E-state index in [0.717, 1.165) is 0 Å². The highest BCUT2D eigenvalue weighted by molar-refractivity contribution is 9.10. The number of rotatable bonds is 2. The second-order valence-corrected chi connectivity index (χ2v) is 3.49. The lowest BCUT2D eigenvalue weighted by atomic mass is 10.2. The third-order valence-corrected chi connectivity index (χ3v) is 2.18. The van der Waals surface area contributed by atoms with Gasteiger partial charge in [0, 0.05) is 10.7 Å². The molecule has 0 saturated carbocycles. The molecule has 1 rings (SSSR count). The van der Waals surface area contributed by atoms with Crippen molar-refractivity contribution in [1.82, 2.24) is 4.98 Å². The van der Waals surface area contributed by atoms with Gasteiger partial charge in [0.25, 0.3) is 0 Å². The van der Waals surface area contributed by atoms with Crippen LogP contribution in [0, 0.1) is 0 Å². The van der Waals surface area contributed by atoms with Gasteiger partial charge in [-0.05, 0) is 22.0 Å². The molecular weight excluding hydrogens is 241 g/mol. The number of nitrogens with zero attached hydrogens (tertiary/aromatic N) is 1. The van der Waals surface area contributed by atoms with E-state index in [9.17, 15) is 5.11 Å². The van der Waals surface area contributed by atoms with Gasteiger partial charge in [0.1, 0.15) is 6.10 Å². The summed E-state index contributed by atoms with van der Waals surface area (Å²) >= 11 is 8.90.